The lowest BCUT2D eigenvalue weighted by molar-refractivity contribution is -0.136. The van der Waals surface area contributed by atoms with E-state index in [2.05, 4.69) is 44.0 Å². The maximum atomic E-state index is 16.9. The Kier molecular flexibility index (Phi) is 13.4. The number of hydrogen-bond donors (Lipinski definition) is 7. The Bertz CT molecular complexity index is 2400. The maximum Gasteiger partial charge on any atom is 0.407 e. The van der Waals surface area contributed by atoms with E-state index < -0.39 is 35.9 Å². The Labute approximate surface area is 396 Å². The topological polar surface area (TPSA) is 183 Å². The van der Waals surface area contributed by atoms with Crippen LogP contribution in [0.25, 0.3) is 0 Å². The predicted molar refractivity (Wildman–Crippen MR) is 258 cm³/mol. The molecule has 6 aliphatic rings. The van der Waals surface area contributed by atoms with Gasteiger partial charge in [-0.2, -0.15) is 0 Å². The second kappa shape index (κ2) is 19.4. The summed E-state index contributed by atoms with van der Waals surface area (Å²) in [4.78, 5) is 59.1. The lowest BCUT2D eigenvalue weighted by Crippen LogP contribution is -2.56. The van der Waals surface area contributed by atoms with Crippen LogP contribution >= 0.6 is 0 Å². The van der Waals surface area contributed by atoms with Gasteiger partial charge in [0.05, 0.1) is 65.4 Å². The second-order valence-electron chi connectivity index (χ2n) is 19.9. The van der Waals surface area contributed by atoms with Gasteiger partial charge >= 0.3 is 12.2 Å². The normalized spacial score (nSPS) is 25.0. The van der Waals surface area contributed by atoms with Gasteiger partial charge in [0.1, 0.15) is 24.4 Å². The van der Waals surface area contributed by atoms with Gasteiger partial charge in [-0.1, -0.05) is 39.8 Å². The van der Waals surface area contributed by atoms with E-state index in [0.717, 1.165) is 78.8 Å². The highest BCUT2D eigenvalue weighted by atomic mass is 19.2. The number of ether oxygens (including phenoxy) is 1. The minimum Gasteiger partial charge on any atom is -0.465 e. The van der Waals surface area contributed by atoms with Crippen molar-refractivity contribution in [1.29, 1.82) is 0 Å². The molecule has 8 atom stereocenters. The summed E-state index contributed by atoms with van der Waals surface area (Å²) in [6.45, 7) is 9.89. The number of methoxy groups -OCH3 is 1. The summed E-state index contributed by atoms with van der Waals surface area (Å²) in [5, 5.41) is 29.1. The number of halogens is 2. The molecule has 16 nitrogen and oxygen atoms in total. The number of carbonyl (C=O) groups is 4. The number of rotatable bonds is 12. The van der Waals surface area contributed by atoms with E-state index in [9.17, 15) is 24.3 Å². The Morgan fingerprint density at radius 2 is 1.09 bits per heavy atom. The molecule has 4 saturated heterocycles. The smallest absolute Gasteiger partial charge is 0.407 e. The number of alkyl carbamates (subject to hydrolysis) is 1. The number of fused-ring (bicyclic) bond motifs is 2. The first kappa shape index (κ1) is 46.9. The van der Waals surface area contributed by atoms with Gasteiger partial charge in [0.2, 0.25) is 11.8 Å². The number of hydrogen-bond acceptors (Lipinski definition) is 11. The van der Waals surface area contributed by atoms with Crippen LogP contribution in [-0.2, 0) is 14.3 Å². The van der Waals surface area contributed by atoms with Gasteiger partial charge in [0, 0.05) is 26.2 Å². The van der Waals surface area contributed by atoms with E-state index in [-0.39, 0.29) is 71.5 Å². The Balaban J connectivity index is 0.984. The first-order chi connectivity index (χ1) is 32.7. The number of carboxylic acid groups (broad SMARTS) is 1. The van der Waals surface area contributed by atoms with Gasteiger partial charge in [-0.3, -0.25) is 9.59 Å². The molecular formula is C50H66F2N10O6. The number of carbonyl (C=O) groups excluding carboxylic acids is 3. The highest BCUT2D eigenvalue weighted by Gasteiger charge is 2.44. The number of nitrogens with one attached hydrogen (secondary N) is 6. The summed E-state index contributed by atoms with van der Waals surface area (Å²) < 4.78 is 38.1. The average Bonchev–Trinajstić information content (AvgIpc) is 4.19. The third-order valence-electron chi connectivity index (χ3n) is 15.0. The highest BCUT2D eigenvalue weighted by Crippen LogP contribution is 2.51. The van der Waals surface area contributed by atoms with E-state index in [1.165, 1.54) is 7.11 Å². The second-order valence-corrected chi connectivity index (χ2v) is 19.9. The average molecular weight is 941 g/mol. The fraction of sp³-hybridized carbons (Fsp3) is 0.560. The molecule has 0 radical (unpaired) electrons. The summed E-state index contributed by atoms with van der Waals surface area (Å²) >= 11 is 0. The fourth-order valence-electron chi connectivity index (χ4n) is 11.6. The van der Waals surface area contributed by atoms with E-state index in [1.54, 1.807) is 17.0 Å². The molecule has 6 heterocycles. The van der Waals surface area contributed by atoms with Crippen LogP contribution in [0.4, 0.5) is 52.5 Å². The van der Waals surface area contributed by atoms with Gasteiger partial charge in [-0.25, -0.2) is 18.4 Å². The van der Waals surface area contributed by atoms with Crippen LogP contribution in [0.1, 0.15) is 109 Å². The summed E-state index contributed by atoms with van der Waals surface area (Å²) in [7, 11) is 1.28. The van der Waals surface area contributed by atoms with E-state index in [4.69, 9.17) is 4.74 Å². The minimum absolute atomic E-state index is 0.153. The maximum absolute atomic E-state index is 16.9. The first-order valence-corrected chi connectivity index (χ1v) is 24.5. The molecule has 0 saturated carbocycles. The molecule has 0 aliphatic carbocycles. The molecule has 0 spiro atoms. The summed E-state index contributed by atoms with van der Waals surface area (Å²) in [6.07, 6.45) is 4.87. The third-order valence-corrected chi connectivity index (χ3v) is 15.0. The molecule has 7 N–H and O–H groups in total. The number of piperidine rings is 1. The van der Waals surface area contributed by atoms with Crippen molar-refractivity contribution in [2.75, 3.05) is 64.4 Å². The minimum atomic E-state index is -1.24. The third kappa shape index (κ3) is 8.97. The molecule has 4 amide bonds. The van der Waals surface area contributed by atoms with Gasteiger partial charge in [0.25, 0.3) is 0 Å². The molecule has 4 fully saturated rings. The molecule has 0 bridgehead atoms. The summed E-state index contributed by atoms with van der Waals surface area (Å²) in [6, 6.07) is 13.1. The van der Waals surface area contributed by atoms with Crippen LogP contribution < -0.4 is 41.7 Å². The van der Waals surface area contributed by atoms with Gasteiger partial charge in [-0.15, -0.1) is 0 Å². The summed E-state index contributed by atoms with van der Waals surface area (Å²) in [5.41, 5.74) is 5.78. The Hall–Kier alpha value is -6.20. The van der Waals surface area contributed by atoms with Crippen molar-refractivity contribution in [2.24, 2.45) is 11.8 Å². The SMILES string of the molecule is COC(=O)N[C@H](C(=O)N1CCC[C@H]1C1Nc2ccc([C@H]3CCC(c4ccc5c(c4)NC([C@@H]4CCCN4C(=O)[C@@H](NC(=O)O)C(C)C)N5)N3c3ccc(N4CCCCC4)c(F)c3F)cc2N1)C(C)C. The van der Waals surface area contributed by atoms with Crippen molar-refractivity contribution in [2.45, 2.75) is 134 Å². The van der Waals surface area contributed by atoms with E-state index in [1.807, 2.05) is 66.7 Å². The van der Waals surface area contributed by atoms with E-state index in [0.29, 0.717) is 39.0 Å². The van der Waals surface area contributed by atoms with Crippen molar-refractivity contribution in [3.63, 3.8) is 0 Å². The van der Waals surface area contributed by atoms with Gasteiger partial charge < -0.3 is 61.3 Å². The molecule has 366 valence electrons. The zero-order chi connectivity index (χ0) is 48.0. The zero-order valence-electron chi connectivity index (χ0n) is 39.6. The van der Waals surface area contributed by atoms with Crippen LogP contribution in [0, 0.1) is 23.5 Å². The van der Waals surface area contributed by atoms with Crippen LogP contribution in [0.15, 0.2) is 48.5 Å². The quantitative estimate of drug-likeness (QED) is 0.0931. The molecule has 3 aromatic rings. The van der Waals surface area contributed by atoms with Crippen molar-refractivity contribution in [3.8, 4) is 0 Å². The number of nitrogens with zero attached hydrogens (tertiary/aromatic N) is 4. The molecule has 18 heteroatoms. The van der Waals surface area contributed by atoms with Crippen molar-refractivity contribution >= 4 is 58.1 Å². The molecule has 3 aromatic carbocycles. The largest absolute Gasteiger partial charge is 0.465 e. The number of anilines is 6. The van der Waals surface area contributed by atoms with Gasteiger partial charge in [0.15, 0.2) is 11.6 Å². The predicted octanol–water partition coefficient (Wildman–Crippen LogP) is 8.02. The Morgan fingerprint density at radius 3 is 1.57 bits per heavy atom. The fourth-order valence-corrected chi connectivity index (χ4v) is 11.6. The van der Waals surface area contributed by atoms with Crippen molar-refractivity contribution in [1.82, 2.24) is 20.4 Å². The standard InChI is InChI=1S/C50H66F2N10O6/c1-27(2)43(57-49(65)66)47(63)60-23-9-11-39(60)45-53-31-15-13-29(25-33(31)55-45)35-17-18-36(62(35)38-20-19-37(41(51)42(38)52)59-21-7-6-8-22-59)30-14-16-32-34(26-30)56-46(54-32)40-12-10-24-61(40)48(64)44(28(3)4)58-50(67)68-5/h13-16,19-20,25-28,35-36,39-40,43-46,53-57H,6-12,17-18,21-24H2,1-5H3,(H,58,67)(H,65,66)/t35?,36-,39+,40+,43+,44+,45?,46?/m1/s1. The first-order valence-electron chi connectivity index (χ1n) is 24.5. The van der Waals surface area contributed by atoms with Crippen LogP contribution in [-0.4, -0.2) is 109 Å². The van der Waals surface area contributed by atoms with Crippen LogP contribution in [0.2, 0.25) is 0 Å². The number of benzene rings is 3. The Morgan fingerprint density at radius 1 is 0.618 bits per heavy atom. The number of likely N-dealkylation sites (tertiary alicyclic amines) is 2. The zero-order valence-corrected chi connectivity index (χ0v) is 39.6. The lowest BCUT2D eigenvalue weighted by atomic mass is 10.0. The monoisotopic (exact) mass is 941 g/mol. The molecule has 3 unspecified atom stereocenters. The number of amides is 4. The van der Waals surface area contributed by atoms with E-state index >= 15 is 8.78 Å². The van der Waals surface area contributed by atoms with Gasteiger partial charge in [-0.05, 0) is 117 Å². The van der Waals surface area contributed by atoms with Crippen molar-refractivity contribution in [3.05, 3.63) is 71.3 Å². The molecule has 9 rings (SSSR count). The highest BCUT2D eigenvalue weighted by molar-refractivity contribution is 5.88. The lowest BCUT2D eigenvalue weighted by Gasteiger charge is -2.35. The molecule has 0 aromatic heterocycles. The molecule has 6 aliphatic heterocycles. The van der Waals surface area contributed by atoms with Crippen LogP contribution in [0.3, 0.4) is 0 Å². The molecule has 68 heavy (non-hydrogen) atoms. The molecular weight excluding hydrogens is 875 g/mol. The van der Waals surface area contributed by atoms with Crippen molar-refractivity contribution < 1.29 is 37.8 Å². The van der Waals surface area contributed by atoms with Crippen LogP contribution in [0.5, 0.6) is 0 Å². The summed E-state index contributed by atoms with van der Waals surface area (Å²) in [5.74, 6) is -2.50.